The zero-order chi connectivity index (χ0) is 16.2. The zero-order valence-electron chi connectivity index (χ0n) is 15.0. The molecule has 1 fully saturated rings. The summed E-state index contributed by atoms with van der Waals surface area (Å²) in [6.45, 7) is 17.2. The molecule has 0 spiro atoms. The smallest absolute Gasteiger partial charge is 0.0167 e. The van der Waals surface area contributed by atoms with E-state index >= 15 is 0 Å². The maximum Gasteiger partial charge on any atom is 0.0167 e. The van der Waals surface area contributed by atoms with Crippen molar-refractivity contribution >= 4 is 6.08 Å². The summed E-state index contributed by atoms with van der Waals surface area (Å²) in [7, 11) is 0. The minimum atomic E-state index is 0.234. The Morgan fingerprint density at radius 3 is 2.09 bits per heavy atom. The molecule has 0 atom stereocenters. The Morgan fingerprint density at radius 1 is 1.00 bits per heavy atom. The molecule has 0 amide bonds. The Hall–Kier alpha value is -1.12. The summed E-state index contributed by atoms with van der Waals surface area (Å²) in [5.74, 6) is 0. The van der Waals surface area contributed by atoms with Crippen molar-refractivity contribution in [3.63, 3.8) is 0 Å². The average Bonchev–Trinajstić information content (AvgIpc) is 2.47. The lowest BCUT2D eigenvalue weighted by Crippen LogP contribution is -2.48. The third-order valence-corrected chi connectivity index (χ3v) is 4.59. The van der Waals surface area contributed by atoms with Crippen molar-refractivity contribution in [1.82, 2.24) is 9.80 Å². The van der Waals surface area contributed by atoms with Gasteiger partial charge in [-0.05, 0) is 30.4 Å². The molecule has 2 heteroatoms. The maximum absolute atomic E-state index is 2.56. The number of benzene rings is 1. The Morgan fingerprint density at radius 2 is 1.59 bits per heavy atom. The molecular formula is C20H32N2. The molecule has 1 saturated heterocycles. The lowest BCUT2D eigenvalue weighted by molar-refractivity contribution is 0.117. The van der Waals surface area contributed by atoms with E-state index < -0.39 is 0 Å². The van der Waals surface area contributed by atoms with E-state index in [4.69, 9.17) is 0 Å². The van der Waals surface area contributed by atoms with Crippen molar-refractivity contribution < 1.29 is 0 Å². The van der Waals surface area contributed by atoms with Crippen molar-refractivity contribution in [3.8, 4) is 0 Å². The topological polar surface area (TPSA) is 6.48 Å². The Labute approximate surface area is 136 Å². The van der Waals surface area contributed by atoms with Gasteiger partial charge >= 0.3 is 0 Å². The van der Waals surface area contributed by atoms with Gasteiger partial charge in [0.15, 0.2) is 0 Å². The molecule has 1 aliphatic heterocycles. The molecule has 1 aromatic carbocycles. The van der Waals surface area contributed by atoms with Crippen LogP contribution in [-0.4, -0.2) is 48.6 Å². The van der Waals surface area contributed by atoms with Crippen molar-refractivity contribution in [3.05, 3.63) is 41.5 Å². The molecule has 2 nitrogen and oxygen atoms in total. The van der Waals surface area contributed by atoms with Gasteiger partial charge in [0.2, 0.25) is 0 Å². The fourth-order valence-electron chi connectivity index (χ4n) is 2.89. The monoisotopic (exact) mass is 300 g/mol. The third kappa shape index (κ3) is 4.96. The van der Waals surface area contributed by atoms with E-state index in [-0.39, 0.29) is 5.41 Å². The Balaban J connectivity index is 1.81. The first-order valence-corrected chi connectivity index (χ1v) is 8.60. The van der Waals surface area contributed by atoms with Crippen LogP contribution < -0.4 is 0 Å². The molecule has 1 aromatic rings. The van der Waals surface area contributed by atoms with Crippen molar-refractivity contribution in [2.45, 2.75) is 46.1 Å². The van der Waals surface area contributed by atoms with E-state index in [1.165, 1.54) is 37.3 Å². The molecule has 0 saturated carbocycles. The van der Waals surface area contributed by atoms with Crippen LogP contribution in [0, 0.1) is 0 Å². The molecule has 22 heavy (non-hydrogen) atoms. The molecule has 2 rings (SSSR count). The van der Waals surface area contributed by atoms with Gasteiger partial charge < -0.3 is 0 Å². The zero-order valence-corrected chi connectivity index (χ0v) is 15.0. The van der Waals surface area contributed by atoms with E-state index in [2.05, 4.69) is 80.8 Å². The van der Waals surface area contributed by atoms with Gasteiger partial charge in [0, 0.05) is 38.8 Å². The van der Waals surface area contributed by atoms with Gasteiger partial charge in [-0.25, -0.2) is 0 Å². The van der Waals surface area contributed by atoms with E-state index in [0.717, 1.165) is 6.54 Å². The highest BCUT2D eigenvalue weighted by Gasteiger charge is 2.17. The van der Waals surface area contributed by atoms with Gasteiger partial charge in [-0.2, -0.15) is 0 Å². The second-order valence-corrected chi connectivity index (χ2v) is 7.70. The first-order valence-electron chi connectivity index (χ1n) is 8.60. The van der Waals surface area contributed by atoms with Crippen LogP contribution in [0.2, 0.25) is 0 Å². The normalized spacial score (nSPS) is 18.5. The van der Waals surface area contributed by atoms with Gasteiger partial charge in [0.1, 0.15) is 0 Å². The standard InChI is InChI=1S/C20H32N2/c1-17(2)22-15-13-21(14-16-22)12-6-7-18-8-10-19(11-9-18)20(3,4)5/h6-11,17H,12-16H2,1-5H3/b7-6+. The molecule has 0 unspecified atom stereocenters. The maximum atomic E-state index is 2.56. The SMILES string of the molecule is CC(C)N1CCN(C/C=C/c2ccc(C(C)(C)C)cc2)CC1. The minimum absolute atomic E-state index is 0.234. The van der Waals surface area contributed by atoms with Gasteiger partial charge in [-0.3, -0.25) is 9.80 Å². The number of rotatable bonds is 4. The molecule has 1 aliphatic rings. The van der Waals surface area contributed by atoms with Crippen LogP contribution >= 0.6 is 0 Å². The van der Waals surface area contributed by atoms with E-state index in [1.54, 1.807) is 0 Å². The van der Waals surface area contributed by atoms with Crippen LogP contribution in [-0.2, 0) is 5.41 Å². The second-order valence-electron chi connectivity index (χ2n) is 7.70. The van der Waals surface area contributed by atoms with Crippen LogP contribution in [0.5, 0.6) is 0 Å². The predicted molar refractivity (Wildman–Crippen MR) is 97.3 cm³/mol. The lowest BCUT2D eigenvalue weighted by atomic mass is 9.87. The minimum Gasteiger partial charge on any atom is -0.298 e. The van der Waals surface area contributed by atoms with Crippen molar-refractivity contribution in [2.24, 2.45) is 0 Å². The predicted octanol–water partition coefficient (Wildman–Crippen LogP) is 4.02. The largest absolute Gasteiger partial charge is 0.298 e. The molecule has 0 radical (unpaired) electrons. The molecule has 0 aliphatic carbocycles. The van der Waals surface area contributed by atoms with Crippen LogP contribution in [0.4, 0.5) is 0 Å². The second kappa shape index (κ2) is 7.43. The van der Waals surface area contributed by atoms with Crippen LogP contribution in [0.15, 0.2) is 30.3 Å². The van der Waals surface area contributed by atoms with Gasteiger partial charge in [0.25, 0.3) is 0 Å². The first kappa shape index (κ1) is 17.2. The summed E-state index contributed by atoms with van der Waals surface area (Å²) in [5, 5.41) is 0. The fraction of sp³-hybridized carbons (Fsp3) is 0.600. The summed E-state index contributed by atoms with van der Waals surface area (Å²) >= 11 is 0. The van der Waals surface area contributed by atoms with Crippen LogP contribution in [0.3, 0.4) is 0 Å². The highest BCUT2D eigenvalue weighted by atomic mass is 15.3. The number of piperazine rings is 1. The van der Waals surface area contributed by atoms with E-state index in [0.29, 0.717) is 6.04 Å². The quantitative estimate of drug-likeness (QED) is 0.828. The summed E-state index contributed by atoms with van der Waals surface area (Å²) in [5.41, 5.74) is 2.93. The average molecular weight is 300 g/mol. The number of nitrogens with zero attached hydrogens (tertiary/aromatic N) is 2. The fourth-order valence-corrected chi connectivity index (χ4v) is 2.89. The lowest BCUT2D eigenvalue weighted by Gasteiger charge is -2.36. The highest BCUT2D eigenvalue weighted by molar-refractivity contribution is 5.50. The molecular weight excluding hydrogens is 268 g/mol. The molecule has 0 aromatic heterocycles. The number of hydrogen-bond donors (Lipinski definition) is 0. The number of hydrogen-bond acceptors (Lipinski definition) is 2. The van der Waals surface area contributed by atoms with Gasteiger partial charge in [-0.1, -0.05) is 57.2 Å². The molecule has 1 heterocycles. The van der Waals surface area contributed by atoms with E-state index in [9.17, 15) is 0 Å². The van der Waals surface area contributed by atoms with Crippen LogP contribution in [0.1, 0.15) is 45.7 Å². The Bertz CT molecular complexity index is 471. The summed E-state index contributed by atoms with van der Waals surface area (Å²) in [6.07, 6.45) is 4.55. The summed E-state index contributed by atoms with van der Waals surface area (Å²) in [6, 6.07) is 9.64. The van der Waals surface area contributed by atoms with Gasteiger partial charge in [-0.15, -0.1) is 0 Å². The van der Waals surface area contributed by atoms with Crippen molar-refractivity contribution in [1.29, 1.82) is 0 Å². The Kier molecular flexibility index (Phi) is 5.82. The van der Waals surface area contributed by atoms with Gasteiger partial charge in [0.05, 0.1) is 0 Å². The molecule has 0 bridgehead atoms. The summed E-state index contributed by atoms with van der Waals surface area (Å²) < 4.78 is 0. The molecule has 0 N–H and O–H groups in total. The first-order chi connectivity index (χ1) is 10.4. The molecule has 122 valence electrons. The van der Waals surface area contributed by atoms with Crippen molar-refractivity contribution in [2.75, 3.05) is 32.7 Å². The highest BCUT2D eigenvalue weighted by Crippen LogP contribution is 2.22. The third-order valence-electron chi connectivity index (χ3n) is 4.59. The summed E-state index contributed by atoms with van der Waals surface area (Å²) in [4.78, 5) is 5.10. The van der Waals surface area contributed by atoms with Crippen LogP contribution in [0.25, 0.3) is 6.08 Å². The van der Waals surface area contributed by atoms with E-state index in [1.807, 2.05) is 0 Å².